The Kier molecular flexibility index (Phi) is 4.70. The fraction of sp³-hybridized carbons (Fsp3) is 0.538. The third-order valence-corrected chi connectivity index (χ3v) is 3.33. The Bertz CT molecular complexity index is 416. The second kappa shape index (κ2) is 6.49. The number of anilines is 1. The van der Waals surface area contributed by atoms with Crippen LogP contribution in [-0.4, -0.2) is 41.5 Å². The van der Waals surface area contributed by atoms with Crippen molar-refractivity contribution in [3.63, 3.8) is 0 Å². The molecule has 6 nitrogen and oxygen atoms in total. The summed E-state index contributed by atoms with van der Waals surface area (Å²) in [6.07, 6.45) is 4.10. The highest BCUT2D eigenvalue weighted by Crippen LogP contribution is 2.25. The minimum atomic E-state index is -0.0945. The second-order valence-corrected chi connectivity index (χ2v) is 4.69. The summed E-state index contributed by atoms with van der Waals surface area (Å²) in [5, 5.41) is 2.91. The minimum Gasteiger partial charge on any atom is -0.351 e. The van der Waals surface area contributed by atoms with E-state index in [1.54, 1.807) is 12.1 Å². The van der Waals surface area contributed by atoms with Crippen molar-refractivity contribution in [2.75, 3.05) is 25.1 Å². The summed E-state index contributed by atoms with van der Waals surface area (Å²) in [6.45, 7) is 4.77. The van der Waals surface area contributed by atoms with Gasteiger partial charge in [-0.3, -0.25) is 9.69 Å². The molecule has 1 aliphatic rings. The van der Waals surface area contributed by atoms with E-state index in [1.807, 2.05) is 0 Å². The molecule has 1 fully saturated rings. The summed E-state index contributed by atoms with van der Waals surface area (Å²) < 4.78 is 0. The highest BCUT2D eigenvalue weighted by molar-refractivity contribution is 5.94. The Hall–Kier alpha value is -1.66. The number of amides is 1. The summed E-state index contributed by atoms with van der Waals surface area (Å²) in [5.41, 5.74) is 2.98. The number of carbonyl (C=O) groups excluding carboxylic acids is 1. The van der Waals surface area contributed by atoms with E-state index >= 15 is 0 Å². The van der Waals surface area contributed by atoms with Crippen LogP contribution in [0.2, 0.25) is 0 Å². The highest BCUT2D eigenvalue weighted by atomic mass is 16.1. The lowest BCUT2D eigenvalue weighted by molar-refractivity contribution is 0.0947. The third kappa shape index (κ3) is 3.90. The summed E-state index contributed by atoms with van der Waals surface area (Å²) in [7, 11) is 0. The monoisotopic (exact) mass is 263 g/mol. The van der Waals surface area contributed by atoms with Gasteiger partial charge in [0.05, 0.1) is 5.56 Å². The van der Waals surface area contributed by atoms with E-state index in [4.69, 9.17) is 5.84 Å². The molecule has 2 rings (SSSR count). The van der Waals surface area contributed by atoms with Gasteiger partial charge in [-0.2, -0.15) is 0 Å². The van der Waals surface area contributed by atoms with Crippen LogP contribution in [0.4, 0.5) is 5.82 Å². The molecule has 0 radical (unpaired) electrons. The van der Waals surface area contributed by atoms with Gasteiger partial charge in [0.2, 0.25) is 0 Å². The van der Waals surface area contributed by atoms with Crippen LogP contribution in [0.25, 0.3) is 0 Å². The molecule has 1 saturated carbocycles. The predicted octanol–water partition coefficient (Wildman–Crippen LogP) is 0.581. The van der Waals surface area contributed by atoms with Crippen molar-refractivity contribution in [3.05, 3.63) is 23.9 Å². The lowest BCUT2D eigenvalue weighted by Gasteiger charge is -2.19. The van der Waals surface area contributed by atoms with Crippen LogP contribution in [0.3, 0.4) is 0 Å². The van der Waals surface area contributed by atoms with Crippen LogP contribution in [0.5, 0.6) is 0 Å². The van der Waals surface area contributed by atoms with Crippen molar-refractivity contribution in [1.29, 1.82) is 0 Å². The second-order valence-electron chi connectivity index (χ2n) is 4.69. The molecule has 0 saturated heterocycles. The molecular weight excluding hydrogens is 242 g/mol. The Morgan fingerprint density at radius 1 is 1.53 bits per heavy atom. The fourth-order valence-electron chi connectivity index (χ4n) is 2.07. The first-order valence-electron chi connectivity index (χ1n) is 6.69. The lowest BCUT2D eigenvalue weighted by atomic mass is 10.2. The zero-order valence-electron chi connectivity index (χ0n) is 11.2. The summed E-state index contributed by atoms with van der Waals surface area (Å²) in [5.74, 6) is 5.67. The van der Waals surface area contributed by atoms with Gasteiger partial charge in [0.25, 0.3) is 5.91 Å². The van der Waals surface area contributed by atoms with Crippen molar-refractivity contribution in [1.82, 2.24) is 15.2 Å². The van der Waals surface area contributed by atoms with Gasteiger partial charge in [-0.25, -0.2) is 10.8 Å². The summed E-state index contributed by atoms with van der Waals surface area (Å²) in [4.78, 5) is 18.3. The lowest BCUT2D eigenvalue weighted by Crippen LogP contribution is -2.36. The zero-order valence-corrected chi connectivity index (χ0v) is 11.2. The Morgan fingerprint density at radius 3 is 2.84 bits per heavy atom. The molecule has 1 aromatic rings. The third-order valence-electron chi connectivity index (χ3n) is 3.33. The maximum Gasteiger partial charge on any atom is 0.252 e. The van der Waals surface area contributed by atoms with Gasteiger partial charge < -0.3 is 10.7 Å². The molecule has 0 unspecified atom stereocenters. The standard InChI is InChI=1S/C13H21N5O/c1-2-18(11-4-5-11)8-7-15-13(19)10-3-6-12(17-14)16-9-10/h3,6,9,11H,2,4-5,7-8,14H2,1H3,(H,15,19)(H,16,17). The van der Waals surface area contributed by atoms with Gasteiger partial charge in [-0.1, -0.05) is 6.92 Å². The molecule has 1 amide bonds. The number of likely N-dealkylation sites (N-methyl/N-ethyl adjacent to an activating group) is 1. The van der Waals surface area contributed by atoms with E-state index in [-0.39, 0.29) is 5.91 Å². The topological polar surface area (TPSA) is 83.3 Å². The number of nitrogens with two attached hydrogens (primary N) is 1. The molecule has 0 bridgehead atoms. The van der Waals surface area contributed by atoms with Gasteiger partial charge in [-0.05, 0) is 31.5 Å². The number of carbonyl (C=O) groups is 1. The molecule has 104 valence electrons. The molecule has 0 aromatic carbocycles. The van der Waals surface area contributed by atoms with E-state index < -0.39 is 0 Å². The fourth-order valence-corrected chi connectivity index (χ4v) is 2.07. The van der Waals surface area contributed by atoms with Crippen molar-refractivity contribution in [2.24, 2.45) is 5.84 Å². The molecule has 0 spiro atoms. The normalized spacial score (nSPS) is 14.5. The van der Waals surface area contributed by atoms with Gasteiger partial charge >= 0.3 is 0 Å². The Labute approximate surface area is 113 Å². The molecule has 19 heavy (non-hydrogen) atoms. The number of hydrazine groups is 1. The largest absolute Gasteiger partial charge is 0.351 e. The Morgan fingerprint density at radius 2 is 2.32 bits per heavy atom. The first kappa shape index (κ1) is 13.8. The smallest absolute Gasteiger partial charge is 0.252 e. The zero-order chi connectivity index (χ0) is 13.7. The number of nitrogen functional groups attached to an aromatic ring is 1. The van der Waals surface area contributed by atoms with Gasteiger partial charge in [0.1, 0.15) is 5.82 Å². The quantitative estimate of drug-likeness (QED) is 0.495. The van der Waals surface area contributed by atoms with Crippen LogP contribution >= 0.6 is 0 Å². The molecule has 0 aliphatic heterocycles. The summed E-state index contributed by atoms with van der Waals surface area (Å²) >= 11 is 0. The average Bonchev–Trinajstić information content (AvgIpc) is 3.28. The van der Waals surface area contributed by atoms with Gasteiger partial charge in [0.15, 0.2) is 0 Å². The molecule has 1 heterocycles. The van der Waals surface area contributed by atoms with Crippen molar-refractivity contribution >= 4 is 11.7 Å². The number of nitrogens with one attached hydrogen (secondary N) is 2. The number of aromatic nitrogens is 1. The first-order valence-corrected chi connectivity index (χ1v) is 6.69. The minimum absolute atomic E-state index is 0.0945. The van der Waals surface area contributed by atoms with E-state index in [0.29, 0.717) is 17.9 Å². The highest BCUT2D eigenvalue weighted by Gasteiger charge is 2.27. The molecule has 0 atom stereocenters. The van der Waals surface area contributed by atoms with Crippen LogP contribution in [0.15, 0.2) is 18.3 Å². The van der Waals surface area contributed by atoms with Crippen molar-refractivity contribution in [3.8, 4) is 0 Å². The predicted molar refractivity (Wildman–Crippen MR) is 74.6 cm³/mol. The average molecular weight is 263 g/mol. The molecule has 6 heteroatoms. The number of hydrogen-bond acceptors (Lipinski definition) is 5. The van der Waals surface area contributed by atoms with Crippen molar-refractivity contribution < 1.29 is 4.79 Å². The molecule has 1 aromatic heterocycles. The van der Waals surface area contributed by atoms with E-state index in [1.165, 1.54) is 19.0 Å². The van der Waals surface area contributed by atoms with Gasteiger partial charge in [-0.15, -0.1) is 0 Å². The molecule has 1 aliphatic carbocycles. The number of pyridine rings is 1. The van der Waals surface area contributed by atoms with Crippen molar-refractivity contribution in [2.45, 2.75) is 25.8 Å². The molecule has 4 N–H and O–H groups in total. The number of rotatable bonds is 7. The maximum atomic E-state index is 11.9. The van der Waals surface area contributed by atoms with Crippen LogP contribution < -0.4 is 16.6 Å². The first-order chi connectivity index (χ1) is 9.24. The summed E-state index contributed by atoms with van der Waals surface area (Å²) in [6, 6.07) is 4.12. The number of hydrogen-bond donors (Lipinski definition) is 3. The maximum absolute atomic E-state index is 11.9. The van der Waals surface area contributed by atoms with Gasteiger partial charge in [0, 0.05) is 25.3 Å². The van der Waals surface area contributed by atoms with E-state index in [0.717, 1.165) is 19.1 Å². The Balaban J connectivity index is 1.76. The number of nitrogens with zero attached hydrogens (tertiary/aromatic N) is 2. The van der Waals surface area contributed by atoms with Crippen LogP contribution in [0, 0.1) is 0 Å². The van der Waals surface area contributed by atoms with E-state index in [2.05, 4.69) is 27.6 Å². The van der Waals surface area contributed by atoms with Crippen LogP contribution in [-0.2, 0) is 0 Å². The van der Waals surface area contributed by atoms with E-state index in [9.17, 15) is 4.79 Å². The SMILES string of the molecule is CCN(CCNC(=O)c1ccc(NN)nc1)C1CC1. The molecular formula is C13H21N5O. The van der Waals surface area contributed by atoms with Crippen LogP contribution in [0.1, 0.15) is 30.1 Å².